The van der Waals surface area contributed by atoms with Crippen LogP contribution in [0.3, 0.4) is 0 Å². The van der Waals surface area contributed by atoms with Gasteiger partial charge in [0.2, 0.25) is 0 Å². The van der Waals surface area contributed by atoms with Gasteiger partial charge in [0.15, 0.2) is 0 Å². The number of hydrogen-bond donors (Lipinski definition) is 1. The van der Waals surface area contributed by atoms with Crippen LogP contribution >= 0.6 is 11.3 Å². The summed E-state index contributed by atoms with van der Waals surface area (Å²) in [4.78, 5) is 19.0. The molecule has 0 unspecified atom stereocenters. The first kappa shape index (κ1) is 16.8. The fraction of sp³-hybridized carbons (Fsp3) is 0.600. The Morgan fingerprint density at radius 3 is 2.60 bits per heavy atom. The molecule has 5 heteroatoms. The van der Waals surface area contributed by atoms with Crippen molar-refractivity contribution in [3.05, 3.63) is 21.7 Å². The highest BCUT2D eigenvalue weighted by Gasteiger charge is 2.27. The maximum absolute atomic E-state index is 12.7. The second-order valence-electron chi connectivity index (χ2n) is 7.27. The molecule has 134 valence electrons. The Hall–Kier alpha value is -1.62. The molecule has 0 spiro atoms. The van der Waals surface area contributed by atoms with Crippen molar-refractivity contribution in [2.24, 2.45) is 0 Å². The van der Waals surface area contributed by atoms with E-state index in [2.05, 4.69) is 6.92 Å². The Morgan fingerprint density at radius 1 is 1.16 bits per heavy atom. The molecule has 2 aliphatic rings. The Labute approximate surface area is 152 Å². The highest BCUT2D eigenvalue weighted by molar-refractivity contribution is 7.21. The van der Waals surface area contributed by atoms with Crippen molar-refractivity contribution in [1.29, 1.82) is 0 Å². The normalized spacial score (nSPS) is 18.3. The summed E-state index contributed by atoms with van der Waals surface area (Å²) < 4.78 is 5.75. The van der Waals surface area contributed by atoms with Crippen LogP contribution in [0.4, 0.5) is 5.69 Å². The maximum atomic E-state index is 12.7. The summed E-state index contributed by atoms with van der Waals surface area (Å²) in [6.07, 6.45) is 11.0. The van der Waals surface area contributed by atoms with Crippen molar-refractivity contribution in [2.45, 2.75) is 77.2 Å². The number of aromatic nitrogens is 1. The van der Waals surface area contributed by atoms with Gasteiger partial charge >= 0.3 is 5.97 Å². The molecule has 0 aliphatic heterocycles. The number of nitrogens with two attached hydrogens (primary N) is 1. The lowest BCUT2D eigenvalue weighted by molar-refractivity contribution is 0.0218. The quantitative estimate of drug-likeness (QED) is 0.800. The van der Waals surface area contributed by atoms with Crippen LogP contribution in [0.1, 0.15) is 78.4 Å². The predicted octanol–water partition coefficient (Wildman–Crippen LogP) is 4.81. The fourth-order valence-corrected chi connectivity index (χ4v) is 5.35. The number of nitrogen functional groups attached to an aromatic ring is 1. The highest BCUT2D eigenvalue weighted by atomic mass is 32.1. The third kappa shape index (κ3) is 3.03. The number of carbonyl (C=O) groups excluding carboxylic acids is 1. The van der Waals surface area contributed by atoms with E-state index < -0.39 is 0 Å². The molecule has 0 saturated heterocycles. The maximum Gasteiger partial charge on any atom is 0.350 e. The lowest BCUT2D eigenvalue weighted by atomic mass is 9.88. The summed E-state index contributed by atoms with van der Waals surface area (Å²) >= 11 is 1.41. The molecule has 2 N–H and O–H groups in total. The lowest BCUT2D eigenvalue weighted by Crippen LogP contribution is -2.20. The number of anilines is 1. The molecule has 0 aromatic carbocycles. The number of hydrogen-bond acceptors (Lipinski definition) is 5. The minimum atomic E-state index is -0.255. The summed E-state index contributed by atoms with van der Waals surface area (Å²) in [5.41, 5.74) is 10.9. The summed E-state index contributed by atoms with van der Waals surface area (Å²) in [7, 11) is 0. The highest BCUT2D eigenvalue weighted by Crippen LogP contribution is 2.40. The van der Waals surface area contributed by atoms with E-state index in [-0.39, 0.29) is 12.1 Å². The second kappa shape index (κ2) is 6.94. The topological polar surface area (TPSA) is 65.2 Å². The molecule has 4 nitrogen and oxygen atoms in total. The van der Waals surface area contributed by atoms with E-state index in [4.69, 9.17) is 15.5 Å². The third-order valence-corrected chi connectivity index (χ3v) is 6.71. The minimum absolute atomic E-state index is 0.0546. The van der Waals surface area contributed by atoms with Crippen molar-refractivity contribution < 1.29 is 9.53 Å². The van der Waals surface area contributed by atoms with Gasteiger partial charge in [0, 0.05) is 11.1 Å². The monoisotopic (exact) mass is 358 g/mol. The number of carbonyl (C=O) groups is 1. The van der Waals surface area contributed by atoms with Gasteiger partial charge in [0.1, 0.15) is 15.8 Å². The number of fused-ring (bicyclic) bond motifs is 3. The summed E-state index contributed by atoms with van der Waals surface area (Å²) in [5.74, 6) is -0.255. The van der Waals surface area contributed by atoms with Gasteiger partial charge in [-0.2, -0.15) is 0 Å². The number of aryl methyl sites for hydroxylation is 2. The molecule has 0 amide bonds. The molecule has 0 bridgehead atoms. The van der Waals surface area contributed by atoms with Crippen LogP contribution < -0.4 is 5.73 Å². The summed E-state index contributed by atoms with van der Waals surface area (Å²) in [6, 6.07) is 0. The summed E-state index contributed by atoms with van der Waals surface area (Å²) in [6.45, 7) is 2.15. The Kier molecular flexibility index (Phi) is 4.67. The SMILES string of the molecule is CCc1nc2sc(C(=O)OC3CCCCC3)c(N)c2c2c1CCCC2. The predicted molar refractivity (Wildman–Crippen MR) is 102 cm³/mol. The molecule has 2 aromatic rings. The van der Waals surface area contributed by atoms with Crippen LogP contribution in [0.5, 0.6) is 0 Å². The Bertz CT molecular complexity index is 806. The minimum Gasteiger partial charge on any atom is -0.458 e. The smallest absolute Gasteiger partial charge is 0.350 e. The zero-order valence-electron chi connectivity index (χ0n) is 14.9. The molecule has 0 atom stereocenters. The van der Waals surface area contributed by atoms with Gasteiger partial charge in [-0.3, -0.25) is 0 Å². The van der Waals surface area contributed by atoms with E-state index in [1.54, 1.807) is 0 Å². The van der Waals surface area contributed by atoms with Gasteiger partial charge in [-0.15, -0.1) is 11.3 Å². The number of nitrogens with zero attached hydrogens (tertiary/aromatic N) is 1. The standard InChI is InChI=1S/C20H26N2O2S/c1-2-15-13-10-6-7-11-14(13)16-17(21)18(25-19(16)22-15)20(23)24-12-8-4-3-5-9-12/h12H,2-11,21H2,1H3. The number of thiophene rings is 1. The average Bonchev–Trinajstić information content (AvgIpc) is 2.98. The van der Waals surface area contributed by atoms with E-state index in [1.165, 1.54) is 47.4 Å². The van der Waals surface area contributed by atoms with Crippen LogP contribution in [0, 0.1) is 0 Å². The summed E-state index contributed by atoms with van der Waals surface area (Å²) in [5, 5.41) is 1.02. The number of pyridine rings is 1. The van der Waals surface area contributed by atoms with Crippen molar-refractivity contribution in [1.82, 2.24) is 4.98 Å². The van der Waals surface area contributed by atoms with E-state index in [0.29, 0.717) is 10.6 Å². The van der Waals surface area contributed by atoms with Crippen molar-refractivity contribution in [2.75, 3.05) is 5.73 Å². The van der Waals surface area contributed by atoms with Gasteiger partial charge in [0.05, 0.1) is 5.69 Å². The van der Waals surface area contributed by atoms with Crippen LogP contribution in [-0.2, 0) is 24.0 Å². The first-order valence-electron chi connectivity index (χ1n) is 9.62. The van der Waals surface area contributed by atoms with Gasteiger partial charge < -0.3 is 10.5 Å². The largest absolute Gasteiger partial charge is 0.458 e. The second-order valence-corrected chi connectivity index (χ2v) is 8.27. The molecular formula is C20H26N2O2S. The molecule has 1 saturated carbocycles. The van der Waals surface area contributed by atoms with Crippen LogP contribution in [0.15, 0.2) is 0 Å². The van der Waals surface area contributed by atoms with E-state index in [1.807, 2.05) is 0 Å². The zero-order valence-corrected chi connectivity index (χ0v) is 15.7. The number of ether oxygens (including phenoxy) is 1. The van der Waals surface area contributed by atoms with Crippen molar-refractivity contribution in [3.63, 3.8) is 0 Å². The molecule has 25 heavy (non-hydrogen) atoms. The number of rotatable bonds is 3. The third-order valence-electron chi connectivity index (χ3n) is 5.63. The fourth-order valence-electron chi connectivity index (χ4n) is 4.32. The molecule has 4 rings (SSSR count). The van der Waals surface area contributed by atoms with Gasteiger partial charge in [-0.05, 0) is 68.9 Å². The molecule has 1 fully saturated rings. The van der Waals surface area contributed by atoms with Crippen LogP contribution in [-0.4, -0.2) is 17.1 Å². The van der Waals surface area contributed by atoms with Crippen molar-refractivity contribution >= 4 is 33.2 Å². The first-order valence-corrected chi connectivity index (χ1v) is 10.4. The van der Waals surface area contributed by atoms with Crippen molar-refractivity contribution in [3.8, 4) is 0 Å². The van der Waals surface area contributed by atoms with Gasteiger partial charge in [-0.25, -0.2) is 9.78 Å². The van der Waals surface area contributed by atoms with E-state index >= 15 is 0 Å². The Balaban J connectivity index is 1.73. The molecule has 2 heterocycles. The Morgan fingerprint density at radius 2 is 1.88 bits per heavy atom. The van der Waals surface area contributed by atoms with E-state index in [0.717, 1.165) is 55.2 Å². The molecule has 0 radical (unpaired) electrons. The van der Waals surface area contributed by atoms with E-state index in [9.17, 15) is 4.79 Å². The first-order chi connectivity index (χ1) is 12.2. The molecule has 2 aliphatic carbocycles. The van der Waals surface area contributed by atoms with Gasteiger partial charge in [0.25, 0.3) is 0 Å². The number of esters is 1. The van der Waals surface area contributed by atoms with Gasteiger partial charge in [-0.1, -0.05) is 13.3 Å². The molecular weight excluding hydrogens is 332 g/mol. The van der Waals surface area contributed by atoms with Crippen LogP contribution in [0.25, 0.3) is 10.2 Å². The average molecular weight is 359 g/mol. The van der Waals surface area contributed by atoms with Crippen LogP contribution in [0.2, 0.25) is 0 Å². The molecule has 2 aromatic heterocycles. The lowest BCUT2D eigenvalue weighted by Gasteiger charge is -2.21. The zero-order chi connectivity index (χ0) is 17.4.